The molecule has 1 unspecified atom stereocenters. The number of unbranched alkanes of at least 4 members (excludes halogenated alkanes) is 23. The van der Waals surface area contributed by atoms with Crippen LogP contribution in [0.5, 0.6) is 0 Å². The number of hydrogen-bond donors (Lipinski definition) is 0. The molecule has 0 radical (unpaired) electrons. The summed E-state index contributed by atoms with van der Waals surface area (Å²) in [6.45, 7) is 7.46. The van der Waals surface area contributed by atoms with Gasteiger partial charge in [0.1, 0.15) is 0 Å². The Kier molecular flexibility index (Phi) is 30.2. The monoisotopic (exact) mass is 509 g/mol. The minimum absolute atomic E-state index is 0.102. The Morgan fingerprint density at radius 1 is 0.417 bits per heavy atom. The van der Waals surface area contributed by atoms with Crippen LogP contribution in [0.4, 0.5) is 0 Å². The van der Waals surface area contributed by atoms with Crippen LogP contribution in [0.1, 0.15) is 201 Å². The van der Waals surface area contributed by atoms with Gasteiger partial charge in [0, 0.05) is 0 Å². The maximum Gasteiger partial charge on any atom is 0.308 e. The molecule has 0 spiro atoms. The molecule has 0 heterocycles. The van der Waals surface area contributed by atoms with Crippen molar-refractivity contribution in [2.24, 2.45) is 5.92 Å². The lowest BCUT2D eigenvalue weighted by atomic mass is 9.94. The molecule has 0 saturated carbocycles. The second kappa shape index (κ2) is 30.7. The molecule has 0 aromatic heterocycles. The van der Waals surface area contributed by atoms with Crippen LogP contribution in [-0.4, -0.2) is 12.6 Å². The molecule has 0 rings (SSSR count). The lowest BCUT2D eigenvalue weighted by Crippen LogP contribution is -2.18. The first-order valence-corrected chi connectivity index (χ1v) is 16.9. The van der Waals surface area contributed by atoms with Crippen molar-refractivity contribution in [3.8, 4) is 0 Å². The van der Waals surface area contributed by atoms with Gasteiger partial charge in [0.25, 0.3) is 0 Å². The van der Waals surface area contributed by atoms with Gasteiger partial charge in [0.2, 0.25) is 0 Å². The fraction of sp³-hybridized carbons (Fsp3) is 0.971. The molecule has 0 aliphatic heterocycles. The van der Waals surface area contributed by atoms with Crippen LogP contribution in [-0.2, 0) is 9.53 Å². The lowest BCUT2D eigenvalue weighted by Gasteiger charge is -2.16. The summed E-state index contributed by atoms with van der Waals surface area (Å²) in [5, 5.41) is 0. The highest BCUT2D eigenvalue weighted by Crippen LogP contribution is 2.21. The molecule has 2 heteroatoms. The summed E-state index contributed by atoms with van der Waals surface area (Å²) in [7, 11) is 0. The van der Waals surface area contributed by atoms with Crippen molar-refractivity contribution in [1.29, 1.82) is 0 Å². The number of ether oxygens (including phenoxy) is 1. The Balaban J connectivity index is 3.84. The van der Waals surface area contributed by atoms with E-state index in [1.54, 1.807) is 0 Å². The molecule has 0 N–H and O–H groups in total. The summed E-state index contributed by atoms with van der Waals surface area (Å²) in [6.07, 6.45) is 36.8. The first-order chi connectivity index (χ1) is 17.8. The van der Waals surface area contributed by atoms with Crippen molar-refractivity contribution >= 4 is 5.97 Å². The van der Waals surface area contributed by atoms with E-state index in [0.717, 1.165) is 19.3 Å². The highest BCUT2D eigenvalue weighted by Gasteiger charge is 2.19. The minimum Gasteiger partial charge on any atom is -0.465 e. The topological polar surface area (TPSA) is 26.3 Å². The summed E-state index contributed by atoms with van der Waals surface area (Å²) in [5.74, 6) is 0.249. The van der Waals surface area contributed by atoms with Gasteiger partial charge in [-0.15, -0.1) is 0 Å². The van der Waals surface area contributed by atoms with Crippen molar-refractivity contribution in [3.63, 3.8) is 0 Å². The molecule has 0 amide bonds. The van der Waals surface area contributed by atoms with E-state index in [1.165, 1.54) is 161 Å². The number of rotatable bonds is 30. The van der Waals surface area contributed by atoms with E-state index in [-0.39, 0.29) is 11.9 Å². The average molecular weight is 509 g/mol. The Morgan fingerprint density at radius 2 is 0.694 bits per heavy atom. The lowest BCUT2D eigenvalue weighted by molar-refractivity contribution is -0.149. The van der Waals surface area contributed by atoms with E-state index in [4.69, 9.17) is 4.74 Å². The van der Waals surface area contributed by atoms with Crippen molar-refractivity contribution < 1.29 is 9.53 Å². The van der Waals surface area contributed by atoms with Gasteiger partial charge >= 0.3 is 5.97 Å². The van der Waals surface area contributed by atoms with Crippen molar-refractivity contribution in [2.75, 3.05) is 6.61 Å². The van der Waals surface area contributed by atoms with Crippen molar-refractivity contribution in [3.05, 3.63) is 0 Å². The Labute approximate surface area is 228 Å². The summed E-state index contributed by atoms with van der Waals surface area (Å²) in [6, 6.07) is 0. The quantitative estimate of drug-likeness (QED) is 0.0712. The Hall–Kier alpha value is -0.530. The number of carbonyl (C=O) groups excluding carboxylic acids is 1. The molecule has 1 atom stereocenters. The third-order valence-corrected chi connectivity index (χ3v) is 7.89. The van der Waals surface area contributed by atoms with Crippen LogP contribution in [0.2, 0.25) is 0 Å². The fourth-order valence-electron chi connectivity index (χ4n) is 5.31. The highest BCUT2D eigenvalue weighted by molar-refractivity contribution is 5.72. The molecule has 0 fully saturated rings. The number of esters is 1. The Bertz CT molecular complexity index is 419. The summed E-state index contributed by atoms with van der Waals surface area (Å²) in [5.41, 5.74) is 0. The summed E-state index contributed by atoms with van der Waals surface area (Å²) in [4.78, 5) is 12.8. The Morgan fingerprint density at radius 3 is 1.06 bits per heavy atom. The molecular formula is C34H68O2. The second-order valence-electron chi connectivity index (χ2n) is 11.6. The van der Waals surface area contributed by atoms with E-state index < -0.39 is 0 Å². The third-order valence-electron chi connectivity index (χ3n) is 7.89. The molecule has 36 heavy (non-hydrogen) atoms. The minimum atomic E-state index is 0.102. The van der Waals surface area contributed by atoms with Gasteiger partial charge in [-0.2, -0.15) is 0 Å². The zero-order valence-corrected chi connectivity index (χ0v) is 25.4. The second-order valence-corrected chi connectivity index (χ2v) is 11.6. The van der Waals surface area contributed by atoms with Gasteiger partial charge in [-0.25, -0.2) is 0 Å². The summed E-state index contributed by atoms with van der Waals surface area (Å²) >= 11 is 0. The summed E-state index contributed by atoms with van der Waals surface area (Å²) < 4.78 is 5.75. The predicted octanol–water partition coefficient (Wildman–Crippen LogP) is 12.1. The molecular weight excluding hydrogens is 440 g/mol. The van der Waals surface area contributed by atoms with Gasteiger partial charge < -0.3 is 4.74 Å². The van der Waals surface area contributed by atoms with Crippen LogP contribution in [0.3, 0.4) is 0 Å². The van der Waals surface area contributed by atoms with Crippen LogP contribution in [0.15, 0.2) is 0 Å². The first-order valence-electron chi connectivity index (χ1n) is 16.9. The predicted molar refractivity (Wildman–Crippen MR) is 161 cm³/mol. The average Bonchev–Trinajstić information content (AvgIpc) is 2.89. The molecule has 0 bridgehead atoms. The molecule has 0 aliphatic carbocycles. The third kappa shape index (κ3) is 26.5. The van der Waals surface area contributed by atoms with Gasteiger partial charge in [-0.3, -0.25) is 4.79 Å². The molecule has 0 aromatic rings. The van der Waals surface area contributed by atoms with Crippen LogP contribution >= 0.6 is 0 Å². The molecule has 0 saturated heterocycles. The largest absolute Gasteiger partial charge is 0.465 e. The first kappa shape index (κ1) is 35.5. The maximum atomic E-state index is 12.8. The normalized spacial score (nSPS) is 12.2. The van der Waals surface area contributed by atoms with E-state index >= 15 is 0 Å². The number of hydrogen-bond acceptors (Lipinski definition) is 2. The van der Waals surface area contributed by atoms with Crippen LogP contribution < -0.4 is 0 Å². The van der Waals surface area contributed by atoms with Crippen LogP contribution in [0, 0.1) is 5.92 Å². The van der Waals surface area contributed by atoms with Gasteiger partial charge in [0.05, 0.1) is 12.5 Å². The van der Waals surface area contributed by atoms with Crippen molar-refractivity contribution in [1.82, 2.24) is 0 Å². The molecule has 2 nitrogen and oxygen atoms in total. The van der Waals surface area contributed by atoms with Gasteiger partial charge in [-0.05, 0) is 19.3 Å². The van der Waals surface area contributed by atoms with Gasteiger partial charge in [0.15, 0.2) is 0 Å². The molecule has 0 aliphatic rings. The van der Waals surface area contributed by atoms with E-state index in [9.17, 15) is 4.79 Å². The zero-order valence-electron chi connectivity index (χ0n) is 25.4. The number of carbonyl (C=O) groups is 1. The van der Waals surface area contributed by atoms with Crippen molar-refractivity contribution in [2.45, 2.75) is 201 Å². The molecule has 216 valence electrons. The van der Waals surface area contributed by atoms with Gasteiger partial charge in [-0.1, -0.05) is 181 Å². The molecule has 0 aromatic carbocycles. The maximum absolute atomic E-state index is 12.8. The fourth-order valence-corrected chi connectivity index (χ4v) is 5.31. The van der Waals surface area contributed by atoms with E-state index in [0.29, 0.717) is 6.61 Å². The highest BCUT2D eigenvalue weighted by atomic mass is 16.5. The standard InChI is InChI=1S/C34H68O2/c1-4-7-10-13-15-17-19-20-21-23-25-28-31-33(30-27-12-9-6-3)34(35)36-32-29-26-24-22-18-16-14-11-8-5-2/h33H,4-32H2,1-3H3. The van der Waals surface area contributed by atoms with Crippen LogP contribution in [0.25, 0.3) is 0 Å². The zero-order chi connectivity index (χ0) is 26.4. The van der Waals surface area contributed by atoms with E-state index in [2.05, 4.69) is 20.8 Å². The SMILES string of the molecule is CCCCCCCCCCCCCCC(CCCCCC)C(=O)OCCCCCCCCCCCC. The van der Waals surface area contributed by atoms with E-state index in [1.807, 2.05) is 0 Å². The smallest absolute Gasteiger partial charge is 0.308 e.